The van der Waals surface area contributed by atoms with Crippen LogP contribution < -0.4 is 4.74 Å². The smallest absolute Gasteiger partial charge is 0.257 e. The number of carbonyl (C=O) groups is 1. The van der Waals surface area contributed by atoms with E-state index in [9.17, 15) is 9.90 Å². The van der Waals surface area contributed by atoms with Crippen LogP contribution in [0.25, 0.3) is 0 Å². The first-order valence-corrected chi connectivity index (χ1v) is 9.06. The van der Waals surface area contributed by atoms with Crippen LogP contribution in [0.15, 0.2) is 36.7 Å². The molecule has 0 aliphatic carbocycles. The van der Waals surface area contributed by atoms with Crippen molar-refractivity contribution in [3.8, 4) is 5.75 Å². The molecular formula is C20H27N3O3. The number of amides is 1. The highest BCUT2D eigenvalue weighted by Crippen LogP contribution is 2.36. The molecule has 1 fully saturated rings. The van der Waals surface area contributed by atoms with Crippen LogP contribution in [-0.4, -0.2) is 45.4 Å². The molecular weight excluding hydrogens is 330 g/mol. The van der Waals surface area contributed by atoms with Gasteiger partial charge in [0, 0.05) is 18.8 Å². The molecule has 1 aliphatic heterocycles. The first-order chi connectivity index (χ1) is 12.3. The number of rotatable bonds is 5. The lowest BCUT2D eigenvalue weighted by Crippen LogP contribution is -2.48. The zero-order chi connectivity index (χ0) is 18.9. The Labute approximate surface area is 154 Å². The third-order valence-electron chi connectivity index (χ3n) is 5.21. The van der Waals surface area contributed by atoms with Gasteiger partial charge in [-0.05, 0) is 51.3 Å². The molecule has 26 heavy (non-hydrogen) atoms. The summed E-state index contributed by atoms with van der Waals surface area (Å²) in [6, 6.07) is 7.31. The van der Waals surface area contributed by atoms with E-state index in [0.717, 1.165) is 24.2 Å². The Bertz CT molecular complexity index is 765. The maximum Gasteiger partial charge on any atom is 0.257 e. The number of carbonyl (C=O) groups excluding carboxylic acids is 1. The average Bonchev–Trinajstić information content (AvgIpc) is 3.31. The monoisotopic (exact) mass is 357 g/mol. The summed E-state index contributed by atoms with van der Waals surface area (Å²) in [6.45, 7) is 6.47. The zero-order valence-electron chi connectivity index (χ0n) is 15.8. The van der Waals surface area contributed by atoms with Gasteiger partial charge in [-0.25, -0.2) is 0 Å². The van der Waals surface area contributed by atoms with E-state index in [-0.39, 0.29) is 18.0 Å². The van der Waals surface area contributed by atoms with Crippen molar-refractivity contribution in [3.63, 3.8) is 0 Å². The summed E-state index contributed by atoms with van der Waals surface area (Å²) in [5.74, 6) is 0.665. The molecule has 1 aromatic carbocycles. The third kappa shape index (κ3) is 3.33. The van der Waals surface area contributed by atoms with Crippen molar-refractivity contribution in [2.75, 3.05) is 13.7 Å². The number of nitrogens with zero attached hydrogens (tertiary/aromatic N) is 3. The summed E-state index contributed by atoms with van der Waals surface area (Å²) in [4.78, 5) is 14.8. The number of likely N-dealkylation sites (tertiary alicyclic amines) is 1. The fourth-order valence-electron chi connectivity index (χ4n) is 3.61. The number of aliphatic hydroxyl groups is 1. The quantitative estimate of drug-likeness (QED) is 0.893. The molecule has 2 heterocycles. The molecule has 0 radical (unpaired) electrons. The van der Waals surface area contributed by atoms with Crippen LogP contribution in [0.5, 0.6) is 5.75 Å². The number of methoxy groups -OCH3 is 1. The topological polar surface area (TPSA) is 67.6 Å². The molecule has 1 saturated heterocycles. The molecule has 1 aromatic heterocycles. The number of ether oxygens (including phenoxy) is 1. The molecule has 6 nitrogen and oxygen atoms in total. The number of benzene rings is 1. The fourth-order valence-corrected chi connectivity index (χ4v) is 3.61. The van der Waals surface area contributed by atoms with E-state index < -0.39 is 5.60 Å². The summed E-state index contributed by atoms with van der Waals surface area (Å²) >= 11 is 0. The molecule has 6 heteroatoms. The number of aromatic nitrogens is 2. The van der Waals surface area contributed by atoms with Crippen molar-refractivity contribution in [1.82, 2.24) is 14.7 Å². The Balaban J connectivity index is 1.84. The van der Waals surface area contributed by atoms with Crippen LogP contribution in [0.2, 0.25) is 0 Å². The van der Waals surface area contributed by atoms with E-state index in [2.05, 4.69) is 5.10 Å². The molecule has 3 rings (SSSR count). The number of hydrogen-bond acceptors (Lipinski definition) is 4. The lowest BCUT2D eigenvalue weighted by atomic mass is 9.86. The first-order valence-electron chi connectivity index (χ1n) is 9.06. The summed E-state index contributed by atoms with van der Waals surface area (Å²) in [6.07, 6.45) is 5.04. The largest absolute Gasteiger partial charge is 0.497 e. The van der Waals surface area contributed by atoms with Crippen LogP contribution in [0.3, 0.4) is 0 Å². The van der Waals surface area contributed by atoms with Crippen molar-refractivity contribution in [3.05, 3.63) is 47.8 Å². The summed E-state index contributed by atoms with van der Waals surface area (Å²) in [5.41, 5.74) is 0.212. The fraction of sp³-hybridized carbons (Fsp3) is 0.500. The van der Waals surface area contributed by atoms with Gasteiger partial charge in [0.1, 0.15) is 11.4 Å². The third-order valence-corrected chi connectivity index (χ3v) is 5.21. The van der Waals surface area contributed by atoms with Crippen LogP contribution in [0, 0.1) is 0 Å². The predicted octanol–water partition coefficient (Wildman–Crippen LogP) is 2.98. The lowest BCUT2D eigenvalue weighted by molar-refractivity contribution is -0.0177. The SMILES string of the molecule is COc1ccc([C@](C)(O)[C@H]2CCCN2C(=O)c2cnn(C(C)C)c2)cc1. The number of hydrogen-bond donors (Lipinski definition) is 1. The second-order valence-corrected chi connectivity index (χ2v) is 7.34. The van der Waals surface area contributed by atoms with Gasteiger partial charge in [0.05, 0.1) is 24.9 Å². The minimum atomic E-state index is -1.13. The summed E-state index contributed by atoms with van der Waals surface area (Å²) in [5, 5.41) is 15.5. The van der Waals surface area contributed by atoms with Gasteiger partial charge in [-0.2, -0.15) is 5.10 Å². The van der Waals surface area contributed by atoms with E-state index >= 15 is 0 Å². The molecule has 1 N–H and O–H groups in total. The minimum absolute atomic E-state index is 0.0758. The van der Waals surface area contributed by atoms with Gasteiger partial charge in [0.2, 0.25) is 0 Å². The highest BCUT2D eigenvalue weighted by Gasteiger charge is 2.43. The second kappa shape index (κ2) is 7.11. The van der Waals surface area contributed by atoms with Gasteiger partial charge < -0.3 is 14.7 Å². The normalized spacial score (nSPS) is 19.6. The molecule has 1 amide bonds. The summed E-state index contributed by atoms with van der Waals surface area (Å²) in [7, 11) is 1.61. The van der Waals surface area contributed by atoms with E-state index in [1.807, 2.05) is 38.1 Å². The zero-order valence-corrected chi connectivity index (χ0v) is 15.8. The van der Waals surface area contributed by atoms with Gasteiger partial charge in [-0.15, -0.1) is 0 Å². The van der Waals surface area contributed by atoms with Crippen molar-refractivity contribution >= 4 is 5.91 Å². The van der Waals surface area contributed by atoms with E-state index in [1.54, 1.807) is 36.0 Å². The Morgan fingerprint density at radius 2 is 2.04 bits per heavy atom. The van der Waals surface area contributed by atoms with Gasteiger partial charge in [-0.1, -0.05) is 12.1 Å². The molecule has 0 bridgehead atoms. The Morgan fingerprint density at radius 3 is 2.62 bits per heavy atom. The second-order valence-electron chi connectivity index (χ2n) is 7.34. The lowest BCUT2D eigenvalue weighted by Gasteiger charge is -2.37. The highest BCUT2D eigenvalue weighted by molar-refractivity contribution is 5.94. The maximum absolute atomic E-state index is 13.0. The van der Waals surface area contributed by atoms with Crippen LogP contribution in [0.4, 0.5) is 0 Å². The first kappa shape index (κ1) is 18.5. The molecule has 0 spiro atoms. The standard InChI is InChI=1S/C20H27N3O3/c1-14(2)23-13-15(12-21-23)19(24)22-11-5-6-18(22)20(3,25)16-7-9-17(26-4)10-8-16/h7-10,12-14,18,25H,5-6,11H2,1-4H3/t18-,20+/m1/s1. The highest BCUT2D eigenvalue weighted by atomic mass is 16.5. The average molecular weight is 357 g/mol. The van der Waals surface area contributed by atoms with E-state index in [1.165, 1.54) is 0 Å². The van der Waals surface area contributed by atoms with Gasteiger partial charge >= 0.3 is 0 Å². The molecule has 0 unspecified atom stereocenters. The molecule has 1 aliphatic rings. The van der Waals surface area contributed by atoms with Crippen molar-refractivity contribution in [2.45, 2.75) is 51.3 Å². The van der Waals surface area contributed by atoms with E-state index in [0.29, 0.717) is 12.1 Å². The Morgan fingerprint density at radius 1 is 1.35 bits per heavy atom. The van der Waals surface area contributed by atoms with Gasteiger partial charge in [0.15, 0.2) is 0 Å². The van der Waals surface area contributed by atoms with Gasteiger partial charge in [-0.3, -0.25) is 9.48 Å². The van der Waals surface area contributed by atoms with Crippen molar-refractivity contribution < 1.29 is 14.6 Å². The van der Waals surface area contributed by atoms with Crippen LogP contribution in [0.1, 0.15) is 55.6 Å². The molecule has 140 valence electrons. The van der Waals surface area contributed by atoms with Gasteiger partial charge in [0.25, 0.3) is 5.91 Å². The Kier molecular flexibility index (Phi) is 5.05. The molecule has 2 aromatic rings. The van der Waals surface area contributed by atoms with Crippen molar-refractivity contribution in [1.29, 1.82) is 0 Å². The maximum atomic E-state index is 13.0. The summed E-state index contributed by atoms with van der Waals surface area (Å²) < 4.78 is 6.97. The molecule has 0 saturated carbocycles. The van der Waals surface area contributed by atoms with E-state index in [4.69, 9.17) is 4.74 Å². The predicted molar refractivity (Wildman–Crippen MR) is 99.2 cm³/mol. The molecule has 2 atom stereocenters. The van der Waals surface area contributed by atoms with Crippen LogP contribution in [-0.2, 0) is 5.60 Å². The minimum Gasteiger partial charge on any atom is -0.497 e. The Hall–Kier alpha value is -2.34. The van der Waals surface area contributed by atoms with Crippen molar-refractivity contribution in [2.24, 2.45) is 0 Å². The van der Waals surface area contributed by atoms with Crippen LogP contribution >= 0.6 is 0 Å².